The Bertz CT molecular complexity index is 702. The summed E-state index contributed by atoms with van der Waals surface area (Å²) in [6.07, 6.45) is 1.63. The molecule has 18 heavy (non-hydrogen) atoms. The van der Waals surface area contributed by atoms with Crippen LogP contribution in [0.2, 0.25) is 0 Å². The molecule has 1 N–H and O–H groups in total. The number of aromatic nitrogens is 2. The van der Waals surface area contributed by atoms with Crippen molar-refractivity contribution in [3.05, 3.63) is 59.4 Å². The molecule has 0 radical (unpaired) electrons. The number of rotatable bonds is 2. The number of hydrogen-bond donors (Lipinski definition) is 1. The Labute approximate surface area is 109 Å². The zero-order chi connectivity index (χ0) is 12.4. The monoisotopic (exact) mass is 254 g/mol. The zero-order valence-corrected chi connectivity index (χ0v) is 10.3. The van der Waals surface area contributed by atoms with Crippen LogP contribution in [0, 0.1) is 4.64 Å². The van der Waals surface area contributed by atoms with Crippen molar-refractivity contribution in [3.8, 4) is 22.8 Å². The summed E-state index contributed by atoms with van der Waals surface area (Å²) < 4.78 is 5.90. The Morgan fingerprint density at radius 1 is 1.06 bits per heavy atom. The summed E-state index contributed by atoms with van der Waals surface area (Å²) in [5.74, 6) is 1.50. The van der Waals surface area contributed by atoms with Crippen LogP contribution in [-0.2, 0) is 0 Å². The molecule has 3 rings (SSSR count). The fraction of sp³-hybridized carbons (Fsp3) is 0. The number of hydrogen-bond acceptors (Lipinski definition) is 3. The van der Waals surface area contributed by atoms with E-state index in [1.54, 1.807) is 12.3 Å². The molecule has 3 nitrogen and oxygen atoms in total. The van der Waals surface area contributed by atoms with Gasteiger partial charge in [-0.25, -0.2) is 4.98 Å². The predicted octanol–water partition coefficient (Wildman–Crippen LogP) is 4.07. The van der Waals surface area contributed by atoms with E-state index >= 15 is 0 Å². The summed E-state index contributed by atoms with van der Waals surface area (Å²) in [5.41, 5.74) is 1.83. The molecule has 0 aliphatic rings. The molecular formula is C14H10N2OS. The van der Waals surface area contributed by atoms with Crippen molar-refractivity contribution >= 4 is 12.2 Å². The first kappa shape index (κ1) is 10.9. The molecular weight excluding hydrogens is 244 g/mol. The van der Waals surface area contributed by atoms with E-state index in [1.807, 2.05) is 42.5 Å². The molecule has 0 saturated carbocycles. The van der Waals surface area contributed by atoms with Crippen LogP contribution in [0.5, 0.6) is 0 Å². The standard InChI is InChI=1S/C14H10N2OS/c18-13-9-11(12-7-4-8-17-12)15-14(16-13)10-5-2-1-3-6-10/h1-9H,(H,15,16,18). The van der Waals surface area contributed by atoms with E-state index in [0.29, 0.717) is 4.64 Å². The Hall–Kier alpha value is -2.20. The molecule has 0 aliphatic carbocycles. The lowest BCUT2D eigenvalue weighted by molar-refractivity contribution is 0.580. The first-order valence-corrected chi connectivity index (χ1v) is 5.94. The second-order valence-electron chi connectivity index (χ2n) is 3.82. The van der Waals surface area contributed by atoms with Crippen LogP contribution in [0.4, 0.5) is 0 Å². The number of nitrogens with one attached hydrogen (secondary N) is 1. The third-order valence-corrected chi connectivity index (χ3v) is 2.79. The Morgan fingerprint density at radius 3 is 2.61 bits per heavy atom. The van der Waals surface area contributed by atoms with Gasteiger partial charge in [0.2, 0.25) is 0 Å². The molecule has 4 heteroatoms. The molecule has 3 aromatic rings. The van der Waals surface area contributed by atoms with E-state index in [4.69, 9.17) is 16.6 Å². The number of benzene rings is 1. The predicted molar refractivity (Wildman–Crippen MR) is 72.6 cm³/mol. The fourth-order valence-electron chi connectivity index (χ4n) is 1.75. The first-order valence-electron chi connectivity index (χ1n) is 5.53. The van der Waals surface area contributed by atoms with Gasteiger partial charge in [0.05, 0.1) is 12.0 Å². The average Bonchev–Trinajstić information content (AvgIpc) is 2.93. The second-order valence-corrected chi connectivity index (χ2v) is 4.24. The molecule has 0 unspecified atom stereocenters. The van der Waals surface area contributed by atoms with E-state index in [1.165, 1.54) is 0 Å². The van der Waals surface area contributed by atoms with Gasteiger partial charge in [0.1, 0.15) is 16.2 Å². The van der Waals surface area contributed by atoms with Crippen LogP contribution in [0.3, 0.4) is 0 Å². The molecule has 0 fully saturated rings. The smallest absolute Gasteiger partial charge is 0.150 e. The van der Waals surface area contributed by atoms with E-state index in [9.17, 15) is 0 Å². The minimum atomic E-state index is 0.541. The van der Waals surface area contributed by atoms with Crippen LogP contribution in [-0.4, -0.2) is 9.97 Å². The van der Waals surface area contributed by atoms with Gasteiger partial charge < -0.3 is 9.40 Å². The maximum absolute atomic E-state index is 5.36. The van der Waals surface area contributed by atoms with Crippen molar-refractivity contribution in [2.75, 3.05) is 0 Å². The van der Waals surface area contributed by atoms with Gasteiger partial charge >= 0.3 is 0 Å². The van der Waals surface area contributed by atoms with Crippen LogP contribution < -0.4 is 0 Å². The summed E-state index contributed by atoms with van der Waals surface area (Å²) in [5, 5.41) is 0. The van der Waals surface area contributed by atoms with Gasteiger partial charge in [-0.1, -0.05) is 42.5 Å². The molecule has 0 saturated heterocycles. The maximum atomic E-state index is 5.36. The minimum Gasteiger partial charge on any atom is -0.463 e. The molecule has 0 atom stereocenters. The second kappa shape index (κ2) is 4.58. The lowest BCUT2D eigenvalue weighted by Crippen LogP contribution is -1.91. The Kier molecular flexibility index (Phi) is 2.78. The summed E-state index contributed by atoms with van der Waals surface area (Å²) >= 11 is 5.19. The summed E-state index contributed by atoms with van der Waals surface area (Å²) in [7, 11) is 0. The zero-order valence-electron chi connectivity index (χ0n) is 9.46. The average molecular weight is 254 g/mol. The van der Waals surface area contributed by atoms with Gasteiger partial charge in [0.25, 0.3) is 0 Å². The largest absolute Gasteiger partial charge is 0.463 e. The topological polar surface area (TPSA) is 41.8 Å². The van der Waals surface area contributed by atoms with Gasteiger partial charge in [0.15, 0.2) is 0 Å². The van der Waals surface area contributed by atoms with Crippen molar-refractivity contribution in [1.29, 1.82) is 0 Å². The van der Waals surface area contributed by atoms with Crippen LogP contribution >= 0.6 is 12.2 Å². The van der Waals surface area contributed by atoms with E-state index in [2.05, 4.69) is 9.97 Å². The van der Waals surface area contributed by atoms with Gasteiger partial charge in [-0.2, -0.15) is 0 Å². The molecule has 0 bridgehead atoms. The Balaban J connectivity index is 2.15. The molecule has 2 aromatic heterocycles. The van der Waals surface area contributed by atoms with Crippen LogP contribution in [0.25, 0.3) is 22.8 Å². The number of nitrogens with zero attached hydrogens (tertiary/aromatic N) is 1. The summed E-state index contributed by atoms with van der Waals surface area (Å²) in [6.45, 7) is 0. The SMILES string of the molecule is S=c1cc(-c2ccco2)[nH]c(-c2ccccc2)n1. The minimum absolute atomic E-state index is 0.541. The highest BCUT2D eigenvalue weighted by molar-refractivity contribution is 7.71. The normalized spacial score (nSPS) is 10.4. The lowest BCUT2D eigenvalue weighted by Gasteiger charge is -2.03. The molecule has 2 heterocycles. The van der Waals surface area contributed by atoms with E-state index < -0.39 is 0 Å². The van der Waals surface area contributed by atoms with Gasteiger partial charge in [0, 0.05) is 11.6 Å². The van der Waals surface area contributed by atoms with Crippen LogP contribution in [0.15, 0.2) is 59.2 Å². The first-order chi connectivity index (χ1) is 8.83. The molecule has 1 aromatic carbocycles. The number of furan rings is 1. The van der Waals surface area contributed by atoms with Gasteiger partial charge in [-0.05, 0) is 12.1 Å². The third-order valence-electron chi connectivity index (χ3n) is 2.58. The van der Waals surface area contributed by atoms with E-state index in [0.717, 1.165) is 22.8 Å². The summed E-state index contributed by atoms with van der Waals surface area (Å²) in [4.78, 5) is 7.56. The highest BCUT2D eigenvalue weighted by atomic mass is 32.1. The summed E-state index contributed by atoms with van der Waals surface area (Å²) in [6, 6.07) is 15.4. The highest BCUT2D eigenvalue weighted by Gasteiger charge is 2.05. The molecule has 0 amide bonds. The molecule has 0 spiro atoms. The fourth-order valence-corrected chi connectivity index (χ4v) is 1.96. The third kappa shape index (κ3) is 2.10. The number of H-pyrrole nitrogens is 1. The van der Waals surface area contributed by atoms with Crippen molar-refractivity contribution in [3.63, 3.8) is 0 Å². The van der Waals surface area contributed by atoms with Gasteiger partial charge in [-0.15, -0.1) is 0 Å². The molecule has 0 aliphatic heterocycles. The highest BCUT2D eigenvalue weighted by Crippen LogP contribution is 2.21. The van der Waals surface area contributed by atoms with Crippen molar-refractivity contribution < 1.29 is 4.42 Å². The van der Waals surface area contributed by atoms with Gasteiger partial charge in [-0.3, -0.25) is 0 Å². The number of aromatic amines is 1. The maximum Gasteiger partial charge on any atom is 0.150 e. The Morgan fingerprint density at radius 2 is 1.89 bits per heavy atom. The lowest BCUT2D eigenvalue weighted by atomic mass is 10.2. The van der Waals surface area contributed by atoms with Crippen molar-refractivity contribution in [2.24, 2.45) is 0 Å². The quantitative estimate of drug-likeness (QED) is 0.701. The van der Waals surface area contributed by atoms with Crippen molar-refractivity contribution in [2.45, 2.75) is 0 Å². The van der Waals surface area contributed by atoms with Crippen LogP contribution in [0.1, 0.15) is 0 Å². The van der Waals surface area contributed by atoms with E-state index in [-0.39, 0.29) is 0 Å². The van der Waals surface area contributed by atoms with Crippen molar-refractivity contribution in [1.82, 2.24) is 9.97 Å². The molecule has 88 valence electrons.